The summed E-state index contributed by atoms with van der Waals surface area (Å²) < 4.78 is 7.77. The van der Waals surface area contributed by atoms with Crippen LogP contribution in [0.3, 0.4) is 0 Å². The Labute approximate surface area is 160 Å². The Morgan fingerprint density at radius 2 is 1.58 bits per heavy atom. The van der Waals surface area contributed by atoms with Crippen molar-refractivity contribution in [3.63, 3.8) is 0 Å². The molecule has 128 valence electrons. The van der Waals surface area contributed by atoms with E-state index < -0.39 is 0 Å². The number of hydrogen-bond donors (Lipinski definition) is 0. The van der Waals surface area contributed by atoms with Gasteiger partial charge in [0.05, 0.1) is 16.9 Å². The number of aromatic nitrogens is 3. The smallest absolute Gasteiger partial charge is 0.153 e. The second kappa shape index (κ2) is 7.20. The zero-order chi connectivity index (χ0) is 17.9. The standard InChI is InChI=1S/C20H13Cl2N3O/c21-15-10-11-16(22)20(12-15)26-19-9-5-4-8-17(19)25-18(13-23-24-25)14-6-2-1-3-7-14/h1-13H. The first-order valence-corrected chi connectivity index (χ1v) is 8.66. The van der Waals surface area contributed by atoms with Crippen molar-refractivity contribution in [3.8, 4) is 28.4 Å². The van der Waals surface area contributed by atoms with E-state index in [0.717, 1.165) is 16.9 Å². The van der Waals surface area contributed by atoms with E-state index >= 15 is 0 Å². The summed E-state index contributed by atoms with van der Waals surface area (Å²) in [6.45, 7) is 0. The lowest BCUT2D eigenvalue weighted by Gasteiger charge is -2.13. The van der Waals surface area contributed by atoms with Gasteiger partial charge in [0.1, 0.15) is 11.4 Å². The lowest BCUT2D eigenvalue weighted by molar-refractivity contribution is 0.478. The van der Waals surface area contributed by atoms with E-state index in [1.54, 1.807) is 29.1 Å². The number of ether oxygens (including phenoxy) is 1. The Bertz CT molecular complexity index is 1050. The van der Waals surface area contributed by atoms with Crippen molar-refractivity contribution >= 4 is 23.2 Å². The molecule has 0 bridgehead atoms. The van der Waals surface area contributed by atoms with E-state index in [4.69, 9.17) is 27.9 Å². The van der Waals surface area contributed by atoms with Gasteiger partial charge in [-0.2, -0.15) is 0 Å². The lowest BCUT2D eigenvalue weighted by Crippen LogP contribution is -2.02. The van der Waals surface area contributed by atoms with Crippen molar-refractivity contribution in [2.45, 2.75) is 0 Å². The Morgan fingerprint density at radius 1 is 0.808 bits per heavy atom. The van der Waals surface area contributed by atoms with Crippen LogP contribution in [0.2, 0.25) is 10.0 Å². The summed E-state index contributed by atoms with van der Waals surface area (Å²) in [6, 6.07) is 22.6. The molecule has 1 heterocycles. The monoisotopic (exact) mass is 381 g/mol. The summed E-state index contributed by atoms with van der Waals surface area (Å²) >= 11 is 12.3. The quantitative estimate of drug-likeness (QED) is 0.432. The third kappa shape index (κ3) is 3.29. The molecule has 26 heavy (non-hydrogen) atoms. The molecule has 0 radical (unpaired) electrons. The number of benzene rings is 3. The van der Waals surface area contributed by atoms with Gasteiger partial charge in [0.15, 0.2) is 5.75 Å². The molecule has 1 aromatic heterocycles. The maximum Gasteiger partial charge on any atom is 0.153 e. The second-order valence-electron chi connectivity index (χ2n) is 5.54. The molecule has 3 aromatic carbocycles. The molecule has 0 unspecified atom stereocenters. The number of rotatable bonds is 4. The van der Waals surface area contributed by atoms with Crippen LogP contribution in [0.5, 0.6) is 11.5 Å². The number of hydrogen-bond acceptors (Lipinski definition) is 3. The maximum absolute atomic E-state index is 6.23. The molecular formula is C20H13Cl2N3O. The Kier molecular flexibility index (Phi) is 4.61. The molecule has 4 aromatic rings. The third-order valence-corrected chi connectivity index (χ3v) is 4.37. The molecular weight excluding hydrogens is 369 g/mol. The van der Waals surface area contributed by atoms with Crippen LogP contribution in [0, 0.1) is 0 Å². The van der Waals surface area contributed by atoms with Gasteiger partial charge in [-0.1, -0.05) is 70.9 Å². The van der Waals surface area contributed by atoms with Crippen LogP contribution in [-0.2, 0) is 0 Å². The first-order chi connectivity index (χ1) is 12.7. The summed E-state index contributed by atoms with van der Waals surface area (Å²) in [6.07, 6.45) is 1.72. The van der Waals surface area contributed by atoms with Crippen molar-refractivity contribution in [1.82, 2.24) is 15.0 Å². The van der Waals surface area contributed by atoms with Crippen molar-refractivity contribution in [3.05, 3.63) is 89.0 Å². The summed E-state index contributed by atoms with van der Waals surface area (Å²) in [7, 11) is 0. The number of para-hydroxylation sites is 2. The highest BCUT2D eigenvalue weighted by Crippen LogP contribution is 2.35. The molecule has 0 fully saturated rings. The van der Waals surface area contributed by atoms with Gasteiger partial charge in [-0.05, 0) is 24.3 Å². The lowest BCUT2D eigenvalue weighted by atomic mass is 10.1. The van der Waals surface area contributed by atoms with Crippen LogP contribution in [-0.4, -0.2) is 15.0 Å². The minimum Gasteiger partial charge on any atom is -0.453 e. The molecule has 0 amide bonds. The Balaban J connectivity index is 1.79. The molecule has 6 heteroatoms. The van der Waals surface area contributed by atoms with Crippen LogP contribution in [0.25, 0.3) is 16.9 Å². The van der Waals surface area contributed by atoms with Crippen LogP contribution < -0.4 is 4.74 Å². The van der Waals surface area contributed by atoms with Crippen molar-refractivity contribution in [1.29, 1.82) is 0 Å². The molecule has 4 nitrogen and oxygen atoms in total. The average Bonchev–Trinajstić information content (AvgIpc) is 3.15. The van der Waals surface area contributed by atoms with Crippen molar-refractivity contribution < 1.29 is 4.74 Å². The summed E-state index contributed by atoms with van der Waals surface area (Å²) in [4.78, 5) is 0. The Hall–Kier alpha value is -2.82. The molecule has 0 saturated carbocycles. The van der Waals surface area contributed by atoms with Gasteiger partial charge in [-0.15, -0.1) is 5.10 Å². The first-order valence-electron chi connectivity index (χ1n) is 7.91. The van der Waals surface area contributed by atoms with Gasteiger partial charge in [-0.3, -0.25) is 0 Å². The molecule has 0 aliphatic heterocycles. The fourth-order valence-corrected chi connectivity index (χ4v) is 2.93. The molecule has 0 saturated heterocycles. The van der Waals surface area contributed by atoms with Gasteiger partial charge in [-0.25, -0.2) is 4.68 Å². The third-order valence-electron chi connectivity index (χ3n) is 3.83. The van der Waals surface area contributed by atoms with Gasteiger partial charge in [0.2, 0.25) is 0 Å². The zero-order valence-corrected chi connectivity index (χ0v) is 15.0. The highest BCUT2D eigenvalue weighted by Gasteiger charge is 2.14. The molecule has 0 aliphatic carbocycles. The highest BCUT2D eigenvalue weighted by molar-refractivity contribution is 6.34. The summed E-state index contributed by atoms with van der Waals surface area (Å²) in [5.41, 5.74) is 2.62. The molecule has 4 rings (SSSR count). The molecule has 0 aliphatic rings. The average molecular weight is 382 g/mol. The zero-order valence-electron chi connectivity index (χ0n) is 13.5. The van der Waals surface area contributed by atoms with Crippen LogP contribution in [0.1, 0.15) is 0 Å². The fourth-order valence-electron chi connectivity index (χ4n) is 2.61. The van der Waals surface area contributed by atoms with Gasteiger partial charge in [0.25, 0.3) is 0 Å². The topological polar surface area (TPSA) is 39.9 Å². The van der Waals surface area contributed by atoms with E-state index in [9.17, 15) is 0 Å². The Morgan fingerprint density at radius 3 is 2.42 bits per heavy atom. The summed E-state index contributed by atoms with van der Waals surface area (Å²) in [5.74, 6) is 1.08. The van der Waals surface area contributed by atoms with Gasteiger partial charge < -0.3 is 4.74 Å². The first kappa shape index (κ1) is 16.6. The number of nitrogens with zero attached hydrogens (tertiary/aromatic N) is 3. The van der Waals surface area contributed by atoms with E-state index in [1.165, 1.54) is 0 Å². The van der Waals surface area contributed by atoms with Gasteiger partial charge in [0, 0.05) is 16.7 Å². The normalized spacial score (nSPS) is 10.7. The molecule has 0 N–H and O–H groups in total. The maximum atomic E-state index is 6.23. The minimum absolute atomic E-state index is 0.478. The minimum atomic E-state index is 0.478. The van der Waals surface area contributed by atoms with E-state index in [0.29, 0.717) is 21.5 Å². The second-order valence-corrected chi connectivity index (χ2v) is 6.39. The largest absolute Gasteiger partial charge is 0.453 e. The summed E-state index contributed by atoms with van der Waals surface area (Å²) in [5, 5.41) is 9.32. The molecule has 0 atom stereocenters. The SMILES string of the molecule is Clc1ccc(Cl)c(Oc2ccccc2-n2nncc2-c2ccccc2)c1. The van der Waals surface area contributed by atoms with Gasteiger partial charge >= 0.3 is 0 Å². The van der Waals surface area contributed by atoms with Crippen molar-refractivity contribution in [2.75, 3.05) is 0 Å². The predicted molar refractivity (Wildman–Crippen MR) is 103 cm³/mol. The fraction of sp³-hybridized carbons (Fsp3) is 0. The van der Waals surface area contributed by atoms with Crippen LogP contribution in [0.4, 0.5) is 0 Å². The van der Waals surface area contributed by atoms with E-state index in [2.05, 4.69) is 10.3 Å². The number of halogens is 2. The van der Waals surface area contributed by atoms with Crippen LogP contribution >= 0.6 is 23.2 Å². The van der Waals surface area contributed by atoms with E-state index in [1.807, 2.05) is 54.6 Å². The predicted octanol–water partition coefficient (Wildman–Crippen LogP) is 6.03. The van der Waals surface area contributed by atoms with Crippen LogP contribution in [0.15, 0.2) is 79.0 Å². The molecule has 0 spiro atoms. The van der Waals surface area contributed by atoms with E-state index in [-0.39, 0.29) is 0 Å². The van der Waals surface area contributed by atoms with Crippen molar-refractivity contribution in [2.24, 2.45) is 0 Å². The highest BCUT2D eigenvalue weighted by atomic mass is 35.5.